The summed E-state index contributed by atoms with van der Waals surface area (Å²) < 4.78 is 4.98. The Morgan fingerprint density at radius 2 is 1.56 bits per heavy atom. The minimum absolute atomic E-state index is 0.0163. The van der Waals surface area contributed by atoms with Crippen molar-refractivity contribution in [1.29, 1.82) is 0 Å². The van der Waals surface area contributed by atoms with Crippen molar-refractivity contribution in [1.82, 2.24) is 26.3 Å². The first kappa shape index (κ1) is 28.6. The Hall–Kier alpha value is -4.98. The highest BCUT2D eigenvalue weighted by atomic mass is 32.1. The maximum atomic E-state index is 12.3. The zero-order valence-electron chi connectivity index (χ0n) is 20.5. The molecule has 0 bridgehead atoms. The highest BCUT2D eigenvalue weighted by molar-refractivity contribution is 7.14. The lowest BCUT2D eigenvalue weighted by molar-refractivity contribution is -0.139. The second kappa shape index (κ2) is 14.7. The van der Waals surface area contributed by atoms with E-state index in [2.05, 4.69) is 31.6 Å². The van der Waals surface area contributed by atoms with Crippen molar-refractivity contribution in [3.8, 4) is 0 Å². The number of carboxylic acids is 1. The molecular formula is C25H26N6O7S. The van der Waals surface area contributed by atoms with Gasteiger partial charge in [-0.05, 0) is 11.1 Å². The summed E-state index contributed by atoms with van der Waals surface area (Å²) in [5, 5.41) is 22.9. The molecule has 0 aliphatic rings. The highest BCUT2D eigenvalue weighted by Gasteiger charge is 2.22. The number of alkyl carbamates (subject to hydrolysis) is 1. The number of ether oxygens (including phenoxy) is 1. The number of thiazole rings is 1. The molecule has 0 spiro atoms. The summed E-state index contributed by atoms with van der Waals surface area (Å²) in [4.78, 5) is 63.8. The number of rotatable bonds is 12. The van der Waals surface area contributed by atoms with Gasteiger partial charge >= 0.3 is 18.1 Å². The summed E-state index contributed by atoms with van der Waals surface area (Å²) >= 11 is 1.03. The molecule has 1 aromatic heterocycles. The van der Waals surface area contributed by atoms with Crippen LogP contribution >= 0.6 is 11.3 Å². The van der Waals surface area contributed by atoms with Gasteiger partial charge in [0.15, 0.2) is 5.13 Å². The number of benzene rings is 2. The second-order valence-corrected chi connectivity index (χ2v) is 8.77. The first-order valence-electron chi connectivity index (χ1n) is 11.6. The van der Waals surface area contributed by atoms with E-state index in [1.807, 2.05) is 30.3 Å². The molecule has 2 aromatic carbocycles. The maximum Gasteiger partial charge on any atom is 0.408 e. The lowest BCUT2D eigenvalue weighted by Crippen LogP contribution is -2.50. The number of nitrogens with one attached hydrogen (secondary N) is 5. The Kier molecular flexibility index (Phi) is 10.8. The Balaban J connectivity index is 1.36. The summed E-state index contributed by atoms with van der Waals surface area (Å²) in [5.41, 5.74) is 1.62. The van der Waals surface area contributed by atoms with Gasteiger partial charge in [0.1, 0.15) is 18.3 Å². The summed E-state index contributed by atoms with van der Waals surface area (Å²) in [6.07, 6.45) is -0.963. The van der Waals surface area contributed by atoms with Crippen molar-refractivity contribution < 1.29 is 33.8 Å². The minimum Gasteiger partial charge on any atom is -0.480 e. The summed E-state index contributed by atoms with van der Waals surface area (Å²) in [6, 6.07) is 16.2. The molecule has 0 aliphatic carbocycles. The molecule has 1 heterocycles. The van der Waals surface area contributed by atoms with Crippen LogP contribution in [0, 0.1) is 0 Å². The number of hydrogen-bond donors (Lipinski definition) is 6. The average molecular weight is 555 g/mol. The third kappa shape index (κ3) is 10.1. The molecule has 0 saturated heterocycles. The minimum atomic E-state index is -1.45. The van der Waals surface area contributed by atoms with Crippen LogP contribution in [0.1, 0.15) is 21.6 Å². The molecule has 13 nitrogen and oxygen atoms in total. The van der Waals surface area contributed by atoms with E-state index in [-0.39, 0.29) is 17.4 Å². The fourth-order valence-corrected chi connectivity index (χ4v) is 3.68. The van der Waals surface area contributed by atoms with Crippen LogP contribution in [0.3, 0.4) is 0 Å². The van der Waals surface area contributed by atoms with Crippen LogP contribution in [0.4, 0.5) is 14.7 Å². The molecule has 39 heavy (non-hydrogen) atoms. The van der Waals surface area contributed by atoms with Crippen molar-refractivity contribution in [2.24, 2.45) is 0 Å². The number of aliphatic carboxylic acids is 1. The number of nitrogens with zero attached hydrogens (tertiary/aromatic N) is 1. The second-order valence-electron chi connectivity index (χ2n) is 7.91. The number of hydrogen-bond acceptors (Lipinski definition) is 8. The molecule has 3 rings (SSSR count). The number of anilines is 1. The zero-order chi connectivity index (χ0) is 28.0. The van der Waals surface area contributed by atoms with E-state index in [9.17, 15) is 29.1 Å². The molecule has 0 radical (unpaired) electrons. The van der Waals surface area contributed by atoms with Crippen LogP contribution in [0.5, 0.6) is 0 Å². The fraction of sp³-hybridized carbons (Fsp3) is 0.200. The Morgan fingerprint density at radius 1 is 0.897 bits per heavy atom. The quantitative estimate of drug-likeness (QED) is 0.195. The van der Waals surface area contributed by atoms with Crippen LogP contribution in [0.2, 0.25) is 0 Å². The van der Waals surface area contributed by atoms with Gasteiger partial charge in [0.2, 0.25) is 5.91 Å². The molecule has 0 unspecified atom stereocenters. The third-order valence-electron chi connectivity index (χ3n) is 4.97. The van der Waals surface area contributed by atoms with Crippen molar-refractivity contribution in [3.05, 3.63) is 82.9 Å². The largest absolute Gasteiger partial charge is 0.480 e. The smallest absolute Gasteiger partial charge is 0.408 e. The molecule has 14 heteroatoms. The zero-order valence-corrected chi connectivity index (χ0v) is 21.3. The molecule has 3 aromatic rings. The van der Waals surface area contributed by atoms with Gasteiger partial charge in [-0.25, -0.2) is 19.4 Å². The van der Waals surface area contributed by atoms with Gasteiger partial charge in [0.25, 0.3) is 5.91 Å². The lowest BCUT2D eigenvalue weighted by atomic mass is 10.2. The van der Waals surface area contributed by atoms with E-state index in [1.54, 1.807) is 30.3 Å². The lowest BCUT2D eigenvalue weighted by Gasteiger charge is -2.15. The van der Waals surface area contributed by atoms with Crippen molar-refractivity contribution >= 4 is 46.4 Å². The Labute approximate surface area is 227 Å². The predicted octanol–water partition coefficient (Wildman–Crippen LogP) is 1.69. The molecule has 0 aliphatic heterocycles. The predicted molar refractivity (Wildman–Crippen MR) is 141 cm³/mol. The molecular weight excluding hydrogens is 528 g/mol. The molecule has 0 saturated carbocycles. The average Bonchev–Trinajstić information content (AvgIpc) is 3.41. The molecule has 6 N–H and O–H groups in total. The van der Waals surface area contributed by atoms with E-state index in [1.165, 1.54) is 5.38 Å². The number of amides is 5. The van der Waals surface area contributed by atoms with Gasteiger partial charge in [-0.1, -0.05) is 60.7 Å². The highest BCUT2D eigenvalue weighted by Crippen LogP contribution is 2.15. The summed E-state index contributed by atoms with van der Waals surface area (Å²) in [5.74, 6) is -2.74. The molecule has 1 atom stereocenters. The fourth-order valence-electron chi connectivity index (χ4n) is 2.99. The SMILES string of the molecule is O=C(CNC(=O)c1csc(NC(=O)NCc2ccccc2)n1)NC[C@H](NC(=O)OCc1ccccc1)C(=O)O. The topological polar surface area (TPSA) is 188 Å². The van der Waals surface area contributed by atoms with E-state index in [0.29, 0.717) is 6.54 Å². The van der Waals surface area contributed by atoms with Crippen molar-refractivity contribution in [2.45, 2.75) is 19.2 Å². The van der Waals surface area contributed by atoms with E-state index in [4.69, 9.17) is 4.74 Å². The Morgan fingerprint density at radius 3 is 2.23 bits per heavy atom. The van der Waals surface area contributed by atoms with E-state index < -0.39 is 49.0 Å². The van der Waals surface area contributed by atoms with Gasteiger partial charge in [0, 0.05) is 18.5 Å². The normalized spacial score (nSPS) is 11.0. The van der Waals surface area contributed by atoms with Gasteiger partial charge in [-0.3, -0.25) is 14.9 Å². The van der Waals surface area contributed by atoms with Crippen molar-refractivity contribution in [2.75, 3.05) is 18.4 Å². The molecule has 204 valence electrons. The van der Waals surface area contributed by atoms with Crippen LogP contribution in [0.25, 0.3) is 0 Å². The third-order valence-corrected chi connectivity index (χ3v) is 5.73. The maximum absolute atomic E-state index is 12.3. The standard InChI is InChI=1S/C25H26N6O7S/c32-20(26-12-18(22(34)35)30-25(37)38-14-17-9-5-2-6-10-17)13-27-21(33)19-15-39-24(29-19)31-23(36)28-11-16-7-3-1-4-8-16/h1-10,15,18H,11-14H2,(H,26,32)(H,27,33)(H,30,37)(H,34,35)(H2,28,29,31,36)/t18-/m0/s1. The van der Waals surface area contributed by atoms with Crippen LogP contribution in [-0.2, 0) is 27.5 Å². The summed E-state index contributed by atoms with van der Waals surface area (Å²) in [7, 11) is 0. The first-order valence-corrected chi connectivity index (χ1v) is 12.5. The number of carbonyl (C=O) groups is 5. The van der Waals surface area contributed by atoms with Crippen LogP contribution in [0.15, 0.2) is 66.0 Å². The molecule has 5 amide bonds. The van der Waals surface area contributed by atoms with E-state index in [0.717, 1.165) is 22.5 Å². The number of urea groups is 1. The monoisotopic (exact) mass is 554 g/mol. The molecule has 0 fully saturated rings. The number of carboxylic acid groups (broad SMARTS) is 1. The number of carbonyl (C=O) groups excluding carboxylic acids is 4. The Bertz CT molecular complexity index is 1290. The van der Waals surface area contributed by atoms with E-state index >= 15 is 0 Å². The van der Waals surface area contributed by atoms with Crippen LogP contribution < -0.4 is 26.6 Å². The first-order chi connectivity index (χ1) is 18.8. The van der Waals surface area contributed by atoms with Crippen molar-refractivity contribution in [3.63, 3.8) is 0 Å². The van der Waals surface area contributed by atoms with Gasteiger partial charge in [0.05, 0.1) is 6.54 Å². The van der Waals surface area contributed by atoms with Gasteiger partial charge < -0.3 is 31.1 Å². The van der Waals surface area contributed by atoms with Gasteiger partial charge in [-0.2, -0.15) is 0 Å². The number of aromatic nitrogens is 1. The van der Waals surface area contributed by atoms with Gasteiger partial charge in [-0.15, -0.1) is 11.3 Å². The van der Waals surface area contributed by atoms with Crippen LogP contribution in [-0.4, -0.2) is 59.1 Å². The summed E-state index contributed by atoms with van der Waals surface area (Å²) in [6.45, 7) is -0.647.